The van der Waals surface area contributed by atoms with E-state index in [1.807, 2.05) is 29.2 Å². The highest BCUT2D eigenvalue weighted by Gasteiger charge is 2.36. The Morgan fingerprint density at radius 3 is 2.79 bits per heavy atom. The Bertz CT molecular complexity index is 794. The molecule has 0 saturated carbocycles. The zero-order chi connectivity index (χ0) is 18.8. The van der Waals surface area contributed by atoms with Gasteiger partial charge in [-0.25, -0.2) is 0 Å². The Balaban J connectivity index is 0.00000225. The lowest BCUT2D eigenvalue weighted by atomic mass is 10.1. The number of likely N-dealkylation sites (N-methyl/N-ethyl adjacent to an activating group) is 1. The van der Waals surface area contributed by atoms with E-state index in [4.69, 9.17) is 10.3 Å². The molecule has 2 atom stereocenters. The fraction of sp³-hybridized carbons (Fsp3) is 0.550. The Labute approximate surface area is 171 Å². The van der Waals surface area contributed by atoms with Gasteiger partial charge in [0.25, 0.3) is 0 Å². The normalized spacial score (nSPS) is 22.6. The van der Waals surface area contributed by atoms with Crippen molar-refractivity contribution in [1.29, 1.82) is 0 Å². The third kappa shape index (κ3) is 4.21. The second-order valence-corrected chi connectivity index (χ2v) is 7.48. The summed E-state index contributed by atoms with van der Waals surface area (Å²) in [5, 5.41) is 4.11. The Morgan fingerprint density at radius 1 is 1.29 bits per heavy atom. The summed E-state index contributed by atoms with van der Waals surface area (Å²) < 4.78 is 5.49. The maximum absolute atomic E-state index is 12.5. The molecule has 0 aliphatic carbocycles. The number of amides is 1. The average molecular weight is 406 g/mol. The maximum Gasteiger partial charge on any atom is 0.232 e. The van der Waals surface area contributed by atoms with Crippen LogP contribution in [0.3, 0.4) is 0 Å². The van der Waals surface area contributed by atoms with Crippen molar-refractivity contribution >= 4 is 18.3 Å². The summed E-state index contributed by atoms with van der Waals surface area (Å²) in [5.41, 5.74) is 7.60. The number of nitrogens with two attached hydrogens (primary N) is 1. The first-order valence-electron chi connectivity index (χ1n) is 9.82. The van der Waals surface area contributed by atoms with Crippen LogP contribution in [-0.4, -0.2) is 58.1 Å². The molecule has 2 aliphatic heterocycles. The van der Waals surface area contributed by atoms with Crippen LogP contribution in [0.15, 0.2) is 28.8 Å². The zero-order valence-corrected chi connectivity index (χ0v) is 17.0. The highest BCUT2D eigenvalue weighted by molar-refractivity contribution is 5.85. The van der Waals surface area contributed by atoms with E-state index in [2.05, 4.69) is 22.0 Å². The van der Waals surface area contributed by atoms with Crippen molar-refractivity contribution in [2.24, 2.45) is 5.73 Å². The number of hydrogen-bond donors (Lipinski definition) is 1. The molecule has 0 spiro atoms. The summed E-state index contributed by atoms with van der Waals surface area (Å²) in [7, 11) is 0. The van der Waals surface area contributed by atoms with Gasteiger partial charge in [0, 0.05) is 37.7 Å². The largest absolute Gasteiger partial charge is 0.340 e. The predicted molar refractivity (Wildman–Crippen MR) is 109 cm³/mol. The third-order valence-corrected chi connectivity index (χ3v) is 5.79. The third-order valence-electron chi connectivity index (χ3n) is 5.79. The maximum atomic E-state index is 12.5. The topological polar surface area (TPSA) is 88.5 Å². The Morgan fingerprint density at radius 2 is 2.07 bits per heavy atom. The van der Waals surface area contributed by atoms with Crippen molar-refractivity contribution < 1.29 is 9.32 Å². The molecular weight excluding hydrogens is 378 g/mol. The van der Waals surface area contributed by atoms with E-state index >= 15 is 0 Å². The van der Waals surface area contributed by atoms with Crippen LogP contribution in [0, 0.1) is 0 Å². The molecular formula is C20H28ClN5O2. The molecule has 28 heavy (non-hydrogen) atoms. The standard InChI is InChI=1S/C20H27N5O2.ClH/c1-2-24-9-3-4-17(24)13-25-12-16(10-18(25)26)20-22-19(23-27-20)15-7-5-14(11-21)6-8-15;/h5-8,16-17H,2-4,9-13,21H2,1H3;1H. The van der Waals surface area contributed by atoms with E-state index in [0.29, 0.717) is 37.3 Å². The van der Waals surface area contributed by atoms with Gasteiger partial charge < -0.3 is 15.2 Å². The van der Waals surface area contributed by atoms with Gasteiger partial charge in [0.15, 0.2) is 0 Å². The zero-order valence-electron chi connectivity index (χ0n) is 16.2. The second kappa shape index (κ2) is 9.03. The number of halogens is 1. The molecule has 8 heteroatoms. The van der Waals surface area contributed by atoms with Gasteiger partial charge in [0.1, 0.15) is 0 Å². The van der Waals surface area contributed by atoms with Crippen LogP contribution in [0.5, 0.6) is 0 Å². The minimum Gasteiger partial charge on any atom is -0.340 e. The lowest BCUT2D eigenvalue weighted by Crippen LogP contribution is -2.40. The summed E-state index contributed by atoms with van der Waals surface area (Å²) in [6, 6.07) is 8.31. The van der Waals surface area contributed by atoms with Gasteiger partial charge in [-0.1, -0.05) is 36.3 Å². The molecule has 2 aliphatic rings. The van der Waals surface area contributed by atoms with Crippen LogP contribution < -0.4 is 5.73 Å². The molecule has 0 radical (unpaired) electrons. The highest BCUT2D eigenvalue weighted by Crippen LogP contribution is 2.30. The van der Waals surface area contributed by atoms with Crippen LogP contribution in [0.4, 0.5) is 0 Å². The second-order valence-electron chi connectivity index (χ2n) is 7.48. The summed E-state index contributed by atoms with van der Waals surface area (Å²) >= 11 is 0. The number of carbonyl (C=O) groups excluding carboxylic acids is 1. The quantitative estimate of drug-likeness (QED) is 0.793. The SMILES string of the molecule is CCN1CCCC1CN1CC(c2nc(-c3ccc(CN)cc3)no2)CC1=O.Cl. The summed E-state index contributed by atoms with van der Waals surface area (Å²) in [4.78, 5) is 21.5. The van der Waals surface area contributed by atoms with Crippen molar-refractivity contribution in [3.05, 3.63) is 35.7 Å². The number of benzene rings is 1. The number of aromatic nitrogens is 2. The molecule has 1 aromatic carbocycles. The number of hydrogen-bond acceptors (Lipinski definition) is 6. The predicted octanol–water partition coefficient (Wildman–Crippen LogP) is 2.42. The monoisotopic (exact) mass is 405 g/mol. The van der Waals surface area contributed by atoms with Crippen molar-refractivity contribution in [3.63, 3.8) is 0 Å². The van der Waals surface area contributed by atoms with Crippen LogP contribution in [-0.2, 0) is 11.3 Å². The first kappa shape index (κ1) is 20.8. The van der Waals surface area contributed by atoms with Gasteiger partial charge in [-0.05, 0) is 31.5 Å². The van der Waals surface area contributed by atoms with Crippen molar-refractivity contribution in [1.82, 2.24) is 19.9 Å². The van der Waals surface area contributed by atoms with Gasteiger partial charge in [-0.15, -0.1) is 12.4 Å². The molecule has 2 aromatic rings. The van der Waals surface area contributed by atoms with Crippen molar-refractivity contribution in [3.8, 4) is 11.4 Å². The number of rotatable bonds is 6. The average Bonchev–Trinajstić information content (AvgIpc) is 3.42. The first-order valence-corrected chi connectivity index (χ1v) is 9.82. The van der Waals surface area contributed by atoms with Crippen molar-refractivity contribution in [2.45, 2.75) is 44.7 Å². The van der Waals surface area contributed by atoms with E-state index in [1.165, 1.54) is 12.8 Å². The molecule has 3 heterocycles. The van der Waals surface area contributed by atoms with Crippen LogP contribution >= 0.6 is 12.4 Å². The minimum atomic E-state index is -0.0152. The summed E-state index contributed by atoms with van der Waals surface area (Å²) in [6.45, 7) is 6.36. The first-order chi connectivity index (χ1) is 13.2. The lowest BCUT2D eigenvalue weighted by Gasteiger charge is -2.27. The van der Waals surface area contributed by atoms with Gasteiger partial charge in [-0.3, -0.25) is 9.69 Å². The van der Waals surface area contributed by atoms with E-state index in [0.717, 1.165) is 30.8 Å². The molecule has 152 valence electrons. The molecule has 0 bridgehead atoms. The molecule has 2 saturated heterocycles. The van der Waals surface area contributed by atoms with Gasteiger partial charge in [0.05, 0.1) is 5.92 Å². The van der Waals surface area contributed by atoms with Gasteiger partial charge >= 0.3 is 0 Å². The lowest BCUT2D eigenvalue weighted by molar-refractivity contribution is -0.128. The number of carbonyl (C=O) groups is 1. The number of nitrogens with zero attached hydrogens (tertiary/aromatic N) is 4. The minimum absolute atomic E-state index is 0. The molecule has 7 nitrogen and oxygen atoms in total. The highest BCUT2D eigenvalue weighted by atomic mass is 35.5. The van der Waals surface area contributed by atoms with E-state index < -0.39 is 0 Å². The molecule has 2 unspecified atom stereocenters. The van der Waals surface area contributed by atoms with Crippen molar-refractivity contribution in [2.75, 3.05) is 26.2 Å². The fourth-order valence-electron chi connectivity index (χ4n) is 4.19. The molecule has 1 aromatic heterocycles. The van der Waals surface area contributed by atoms with Gasteiger partial charge in [-0.2, -0.15) is 4.98 Å². The Hall–Kier alpha value is -1.96. The van der Waals surface area contributed by atoms with Crippen LogP contribution in [0.2, 0.25) is 0 Å². The smallest absolute Gasteiger partial charge is 0.232 e. The van der Waals surface area contributed by atoms with E-state index in [1.54, 1.807) is 0 Å². The number of likely N-dealkylation sites (tertiary alicyclic amines) is 2. The van der Waals surface area contributed by atoms with Crippen LogP contribution in [0.25, 0.3) is 11.4 Å². The van der Waals surface area contributed by atoms with E-state index in [9.17, 15) is 4.79 Å². The van der Waals surface area contributed by atoms with Crippen LogP contribution in [0.1, 0.15) is 43.6 Å². The van der Waals surface area contributed by atoms with E-state index in [-0.39, 0.29) is 24.2 Å². The summed E-state index contributed by atoms with van der Waals surface area (Å²) in [5.74, 6) is 1.29. The molecule has 1 amide bonds. The Kier molecular flexibility index (Phi) is 6.69. The fourth-order valence-corrected chi connectivity index (χ4v) is 4.19. The summed E-state index contributed by atoms with van der Waals surface area (Å²) in [6.07, 6.45) is 2.85. The molecule has 2 fully saturated rings. The molecule has 2 N–H and O–H groups in total. The molecule has 4 rings (SSSR count). The van der Waals surface area contributed by atoms with Gasteiger partial charge in [0.2, 0.25) is 17.6 Å².